The van der Waals surface area contributed by atoms with E-state index in [2.05, 4.69) is 11.9 Å². The second kappa shape index (κ2) is 13.9. The number of hydrogen-bond acceptors (Lipinski definition) is 9. The number of amides is 1. The molecule has 0 aliphatic carbocycles. The fourth-order valence-corrected chi connectivity index (χ4v) is 6.95. The fourth-order valence-electron chi connectivity index (χ4n) is 6.38. The monoisotopic (exact) mass is 626 g/mol. The van der Waals surface area contributed by atoms with Gasteiger partial charge in [-0.3, -0.25) is 14.5 Å². The third-order valence-electron chi connectivity index (χ3n) is 8.96. The van der Waals surface area contributed by atoms with E-state index in [0.29, 0.717) is 30.5 Å². The van der Waals surface area contributed by atoms with Crippen molar-refractivity contribution < 1.29 is 34.1 Å². The first-order valence-corrected chi connectivity index (χ1v) is 16.4. The predicted octanol–water partition coefficient (Wildman–Crippen LogP) is 6.06. The second-order valence-corrected chi connectivity index (χ2v) is 14.2. The zero-order valence-corrected chi connectivity index (χ0v) is 27.4. The average molecular weight is 627 g/mol. The first-order chi connectivity index (χ1) is 20.7. The number of rotatable bonds is 4. The molecule has 2 aromatic rings. The van der Waals surface area contributed by atoms with Gasteiger partial charge in [0.05, 0.1) is 16.7 Å². The SMILES string of the molecule is CC(=Cc1csc(C)n1)C1OC(=O)CCC(C)(C)C(=O)C(C)CC(C)CCCC2N(C(=O)OCc3ccccc3)C2(O)C1O. The summed E-state index contributed by atoms with van der Waals surface area (Å²) in [7, 11) is 0. The Bertz CT molecular complexity index is 1360. The van der Waals surface area contributed by atoms with E-state index in [1.807, 2.05) is 63.4 Å². The van der Waals surface area contributed by atoms with Crippen LogP contribution in [0.1, 0.15) is 89.4 Å². The van der Waals surface area contributed by atoms with E-state index in [4.69, 9.17) is 9.47 Å². The molecule has 2 aliphatic rings. The van der Waals surface area contributed by atoms with Gasteiger partial charge in [-0.05, 0) is 56.2 Å². The van der Waals surface area contributed by atoms with Crippen LogP contribution in [0.3, 0.4) is 0 Å². The van der Waals surface area contributed by atoms with Crippen LogP contribution in [0.15, 0.2) is 41.3 Å². The van der Waals surface area contributed by atoms with Crippen molar-refractivity contribution >= 4 is 35.3 Å². The molecule has 10 heteroatoms. The summed E-state index contributed by atoms with van der Waals surface area (Å²) in [6, 6.07) is 8.47. The van der Waals surface area contributed by atoms with E-state index in [1.54, 1.807) is 13.0 Å². The lowest BCUT2D eigenvalue weighted by molar-refractivity contribution is -0.160. The minimum Gasteiger partial charge on any atom is -0.455 e. The van der Waals surface area contributed by atoms with Crippen molar-refractivity contribution in [3.8, 4) is 0 Å². The molecular formula is C34H46N2O7S. The van der Waals surface area contributed by atoms with Crippen molar-refractivity contribution in [3.05, 3.63) is 57.6 Å². The molecule has 1 amide bonds. The van der Waals surface area contributed by atoms with Gasteiger partial charge in [-0.15, -0.1) is 11.3 Å². The second-order valence-electron chi connectivity index (χ2n) is 13.2. The molecule has 6 unspecified atom stereocenters. The molecular weight excluding hydrogens is 580 g/mol. The molecule has 4 rings (SSSR count). The van der Waals surface area contributed by atoms with Crippen LogP contribution < -0.4 is 0 Å². The van der Waals surface area contributed by atoms with E-state index < -0.39 is 41.5 Å². The summed E-state index contributed by atoms with van der Waals surface area (Å²) in [5, 5.41) is 26.4. The van der Waals surface area contributed by atoms with E-state index in [9.17, 15) is 24.6 Å². The minimum atomic E-state index is -2.01. The highest BCUT2D eigenvalue weighted by Gasteiger charge is 2.71. The number of aliphatic hydroxyl groups excluding tert-OH is 1. The largest absolute Gasteiger partial charge is 0.455 e. The first-order valence-electron chi connectivity index (χ1n) is 15.5. The van der Waals surface area contributed by atoms with E-state index >= 15 is 0 Å². The van der Waals surface area contributed by atoms with Gasteiger partial charge in [0.2, 0.25) is 0 Å². The molecule has 0 radical (unpaired) electrons. The molecule has 3 heterocycles. The number of benzene rings is 1. The maximum atomic E-state index is 13.3. The molecule has 2 fully saturated rings. The Morgan fingerprint density at radius 3 is 2.57 bits per heavy atom. The smallest absolute Gasteiger partial charge is 0.412 e. The molecule has 0 spiro atoms. The maximum Gasteiger partial charge on any atom is 0.412 e. The lowest BCUT2D eigenvalue weighted by Crippen LogP contribution is -2.47. The van der Waals surface area contributed by atoms with E-state index in [1.165, 1.54) is 16.2 Å². The number of carbonyl (C=O) groups excluding carboxylic acids is 3. The normalized spacial score (nSPS) is 30.3. The number of cyclic esters (lactones) is 1. The van der Waals surface area contributed by atoms with Gasteiger partial charge < -0.3 is 19.7 Å². The number of esters is 1. The van der Waals surface area contributed by atoms with E-state index in [-0.39, 0.29) is 37.1 Å². The Kier molecular flexibility index (Phi) is 10.7. The Labute approximate surface area is 264 Å². The molecule has 1 aromatic heterocycles. The third-order valence-corrected chi connectivity index (χ3v) is 9.75. The van der Waals surface area contributed by atoms with Crippen molar-refractivity contribution in [1.29, 1.82) is 0 Å². The fraction of sp³-hybridized carbons (Fsp3) is 0.588. The highest BCUT2D eigenvalue weighted by atomic mass is 32.1. The zero-order valence-electron chi connectivity index (χ0n) is 26.6. The lowest BCUT2D eigenvalue weighted by Gasteiger charge is -2.30. The lowest BCUT2D eigenvalue weighted by atomic mass is 9.75. The van der Waals surface area contributed by atoms with Crippen molar-refractivity contribution in [2.45, 2.75) is 111 Å². The summed E-state index contributed by atoms with van der Waals surface area (Å²) in [4.78, 5) is 45.5. The number of aromatic nitrogens is 1. The van der Waals surface area contributed by atoms with Crippen molar-refractivity contribution in [3.63, 3.8) is 0 Å². The molecule has 2 N–H and O–H groups in total. The van der Waals surface area contributed by atoms with Gasteiger partial charge in [-0.2, -0.15) is 0 Å². The van der Waals surface area contributed by atoms with Crippen LogP contribution in [-0.4, -0.2) is 61.9 Å². The van der Waals surface area contributed by atoms with Crippen LogP contribution >= 0.6 is 11.3 Å². The predicted molar refractivity (Wildman–Crippen MR) is 168 cm³/mol. The first kappa shape index (κ1) is 33.8. The summed E-state index contributed by atoms with van der Waals surface area (Å²) < 4.78 is 11.4. The summed E-state index contributed by atoms with van der Waals surface area (Å²) >= 11 is 1.46. The van der Waals surface area contributed by atoms with Crippen molar-refractivity contribution in [2.75, 3.05) is 0 Å². The Hall–Kier alpha value is -3.08. The summed E-state index contributed by atoms with van der Waals surface area (Å²) in [5.74, 6) is -0.436. The van der Waals surface area contributed by atoms with Crippen LogP contribution in [0.2, 0.25) is 0 Å². The Morgan fingerprint density at radius 1 is 1.20 bits per heavy atom. The van der Waals surface area contributed by atoms with E-state index in [0.717, 1.165) is 17.0 Å². The number of thiazole rings is 1. The van der Waals surface area contributed by atoms with Crippen molar-refractivity contribution in [1.82, 2.24) is 9.88 Å². The molecule has 2 saturated heterocycles. The molecule has 6 atom stereocenters. The van der Waals surface area contributed by atoms with Crippen molar-refractivity contribution in [2.24, 2.45) is 17.3 Å². The standard InChI is InChI=1S/C34H46N2O7S/c1-21-11-10-14-27-34(41,36(27)32(40)42-19-25-12-8-7-9-13-25)31(39)29(22(2)18-26-20-44-24(4)35-26)43-28(37)15-16-33(5,6)30(38)23(3)17-21/h7-9,12-13,18,20-21,23,27,29,31,39,41H,10-11,14-17,19H2,1-6H3. The number of fused-ring (bicyclic) bond motifs is 1. The van der Waals surface area contributed by atoms with Crippen LogP contribution in [0.5, 0.6) is 0 Å². The number of nitrogens with zero attached hydrogens (tertiary/aromatic N) is 2. The molecule has 2 aliphatic heterocycles. The van der Waals surface area contributed by atoms with Crippen LogP contribution in [0, 0.1) is 24.2 Å². The number of carbonyl (C=O) groups is 3. The van der Waals surface area contributed by atoms with Gasteiger partial charge in [-0.25, -0.2) is 9.78 Å². The minimum absolute atomic E-state index is 0.00826. The molecule has 0 saturated carbocycles. The number of Topliss-reactive ketones (excluding diaryl/α,β-unsaturated/α-hetero) is 1. The van der Waals surface area contributed by atoms with Gasteiger partial charge in [0.1, 0.15) is 18.5 Å². The maximum absolute atomic E-state index is 13.3. The topological polar surface area (TPSA) is 126 Å². The third kappa shape index (κ3) is 7.76. The molecule has 44 heavy (non-hydrogen) atoms. The van der Waals surface area contributed by atoms with Gasteiger partial charge in [0.25, 0.3) is 0 Å². The molecule has 9 nitrogen and oxygen atoms in total. The summed E-state index contributed by atoms with van der Waals surface area (Å²) in [6.45, 7) is 11.3. The van der Waals surface area contributed by atoms with Crippen LogP contribution in [0.25, 0.3) is 6.08 Å². The summed E-state index contributed by atoms with van der Waals surface area (Å²) in [5.41, 5.74) is -0.849. The van der Waals surface area contributed by atoms with Gasteiger partial charge in [0.15, 0.2) is 11.8 Å². The number of ether oxygens (including phenoxy) is 2. The molecule has 0 bridgehead atoms. The summed E-state index contributed by atoms with van der Waals surface area (Å²) in [6.07, 6.45) is 0.816. The number of ketones is 1. The number of aliphatic hydroxyl groups is 2. The Balaban J connectivity index is 1.65. The molecule has 240 valence electrons. The van der Waals surface area contributed by atoms with Gasteiger partial charge in [-0.1, -0.05) is 70.9 Å². The average Bonchev–Trinajstić information content (AvgIpc) is 3.37. The quantitative estimate of drug-likeness (QED) is 0.310. The highest BCUT2D eigenvalue weighted by molar-refractivity contribution is 7.09. The highest BCUT2D eigenvalue weighted by Crippen LogP contribution is 2.48. The Morgan fingerprint density at radius 2 is 1.91 bits per heavy atom. The zero-order chi connectivity index (χ0) is 32.2. The number of aryl methyl sites for hydroxylation is 1. The molecule has 1 aromatic carbocycles. The van der Waals surface area contributed by atoms with Crippen LogP contribution in [-0.2, 0) is 25.7 Å². The number of hydrogen-bond donors (Lipinski definition) is 2. The van der Waals surface area contributed by atoms with Gasteiger partial charge >= 0.3 is 12.1 Å². The van der Waals surface area contributed by atoms with Crippen LogP contribution in [0.4, 0.5) is 4.79 Å². The van der Waals surface area contributed by atoms with Gasteiger partial charge in [0, 0.05) is 23.1 Å².